The van der Waals surface area contributed by atoms with Gasteiger partial charge in [-0.3, -0.25) is 9.48 Å². The van der Waals surface area contributed by atoms with Crippen molar-refractivity contribution in [2.75, 3.05) is 6.61 Å². The van der Waals surface area contributed by atoms with Gasteiger partial charge in [-0.1, -0.05) is 6.07 Å². The molecule has 0 spiro atoms. The summed E-state index contributed by atoms with van der Waals surface area (Å²) in [6.07, 6.45) is 2.39. The normalized spacial score (nSPS) is 21.6. The molecule has 2 aromatic rings. The zero-order chi connectivity index (χ0) is 14.8. The van der Waals surface area contributed by atoms with Gasteiger partial charge in [0.15, 0.2) is 0 Å². The lowest BCUT2D eigenvalue weighted by molar-refractivity contribution is -0.126. The number of hydrogen-bond acceptors (Lipinski definition) is 4. The first kappa shape index (κ1) is 14.3. The van der Waals surface area contributed by atoms with Crippen molar-refractivity contribution in [2.24, 2.45) is 13.0 Å². The van der Waals surface area contributed by atoms with Gasteiger partial charge in [-0.15, -0.1) is 11.3 Å². The van der Waals surface area contributed by atoms with E-state index in [0.717, 1.165) is 22.6 Å². The van der Waals surface area contributed by atoms with E-state index in [9.17, 15) is 4.79 Å². The molecular weight excluding hydrogens is 286 g/mol. The average molecular weight is 305 g/mol. The van der Waals surface area contributed by atoms with Crippen LogP contribution in [0.5, 0.6) is 0 Å². The lowest BCUT2D eigenvalue weighted by Crippen LogP contribution is -2.31. The van der Waals surface area contributed by atoms with Crippen LogP contribution in [0.2, 0.25) is 0 Å². The monoisotopic (exact) mass is 305 g/mol. The van der Waals surface area contributed by atoms with Crippen LogP contribution in [0.4, 0.5) is 0 Å². The standard InChI is InChI=1S/C15H19N3O2S/c1-10-13(9-17-18(10)2)14-12(5-6-20-14)15(19)16-8-11-4-3-7-21-11/h3-4,7,9,12,14H,5-6,8H2,1-2H3,(H,16,19)/t12-,14-/m0/s1. The molecule has 1 fully saturated rings. The molecule has 2 atom stereocenters. The van der Waals surface area contributed by atoms with Crippen LogP contribution in [0, 0.1) is 12.8 Å². The Morgan fingerprint density at radius 1 is 1.62 bits per heavy atom. The lowest BCUT2D eigenvalue weighted by Gasteiger charge is -2.18. The van der Waals surface area contributed by atoms with Crippen LogP contribution in [0.3, 0.4) is 0 Å². The number of carbonyl (C=O) groups is 1. The highest BCUT2D eigenvalue weighted by Crippen LogP contribution is 2.36. The number of nitrogens with one attached hydrogen (secondary N) is 1. The van der Waals surface area contributed by atoms with Gasteiger partial charge in [-0.2, -0.15) is 5.10 Å². The van der Waals surface area contributed by atoms with Crippen LogP contribution in [-0.4, -0.2) is 22.3 Å². The quantitative estimate of drug-likeness (QED) is 0.942. The second kappa shape index (κ2) is 5.99. The highest BCUT2D eigenvalue weighted by atomic mass is 32.1. The number of nitrogens with zero attached hydrogens (tertiary/aromatic N) is 2. The fraction of sp³-hybridized carbons (Fsp3) is 0.467. The predicted molar refractivity (Wildman–Crippen MR) is 80.9 cm³/mol. The largest absolute Gasteiger partial charge is 0.373 e. The molecule has 21 heavy (non-hydrogen) atoms. The van der Waals surface area contributed by atoms with Crippen molar-refractivity contribution in [3.63, 3.8) is 0 Å². The molecule has 0 saturated carbocycles. The maximum absolute atomic E-state index is 12.4. The predicted octanol–water partition coefficient (Wildman–Crippen LogP) is 2.18. The lowest BCUT2D eigenvalue weighted by atomic mass is 9.95. The van der Waals surface area contributed by atoms with E-state index in [0.29, 0.717) is 13.2 Å². The van der Waals surface area contributed by atoms with Gasteiger partial charge in [0, 0.05) is 29.8 Å². The van der Waals surface area contributed by atoms with E-state index in [1.54, 1.807) is 11.3 Å². The molecule has 0 radical (unpaired) electrons. The number of aryl methyl sites for hydroxylation is 1. The van der Waals surface area contributed by atoms with Crippen LogP contribution < -0.4 is 5.32 Å². The molecule has 1 N–H and O–H groups in total. The fourth-order valence-electron chi connectivity index (χ4n) is 2.68. The molecule has 3 heterocycles. The molecule has 1 saturated heterocycles. The van der Waals surface area contributed by atoms with Gasteiger partial charge < -0.3 is 10.1 Å². The number of aromatic nitrogens is 2. The molecule has 112 valence electrons. The van der Waals surface area contributed by atoms with Gasteiger partial charge in [0.05, 0.1) is 24.8 Å². The summed E-state index contributed by atoms with van der Waals surface area (Å²) < 4.78 is 7.61. The maximum atomic E-state index is 12.4. The fourth-order valence-corrected chi connectivity index (χ4v) is 3.32. The highest BCUT2D eigenvalue weighted by molar-refractivity contribution is 7.09. The van der Waals surface area contributed by atoms with E-state index in [1.165, 1.54) is 0 Å². The minimum Gasteiger partial charge on any atom is -0.373 e. The summed E-state index contributed by atoms with van der Waals surface area (Å²) >= 11 is 1.65. The van der Waals surface area contributed by atoms with Gasteiger partial charge in [0.2, 0.25) is 5.91 Å². The number of thiophene rings is 1. The topological polar surface area (TPSA) is 56.1 Å². The molecule has 1 amide bonds. The molecule has 0 unspecified atom stereocenters. The van der Waals surface area contributed by atoms with Crippen LogP contribution >= 0.6 is 11.3 Å². The van der Waals surface area contributed by atoms with Crippen molar-refractivity contribution < 1.29 is 9.53 Å². The minimum atomic E-state index is -0.179. The molecule has 2 aromatic heterocycles. The van der Waals surface area contributed by atoms with Crippen molar-refractivity contribution in [2.45, 2.75) is 26.0 Å². The molecule has 0 aromatic carbocycles. The third-order valence-corrected chi connectivity index (χ3v) is 4.90. The summed E-state index contributed by atoms with van der Waals surface area (Å²) in [7, 11) is 1.90. The Hall–Kier alpha value is -1.66. The zero-order valence-corrected chi connectivity index (χ0v) is 13.0. The molecule has 1 aliphatic rings. The molecule has 6 heteroatoms. The van der Waals surface area contributed by atoms with Crippen molar-refractivity contribution in [1.82, 2.24) is 15.1 Å². The summed E-state index contributed by atoms with van der Waals surface area (Å²) in [6.45, 7) is 3.21. The first-order chi connectivity index (χ1) is 10.2. The Kier molecular flexibility index (Phi) is 4.07. The van der Waals surface area contributed by atoms with Crippen LogP contribution in [0.25, 0.3) is 0 Å². The number of amides is 1. The summed E-state index contributed by atoms with van der Waals surface area (Å²) in [6, 6.07) is 4.02. The molecule has 0 aliphatic carbocycles. The molecule has 5 nitrogen and oxygen atoms in total. The van der Waals surface area contributed by atoms with Crippen molar-refractivity contribution >= 4 is 17.2 Å². The molecule has 0 bridgehead atoms. The van der Waals surface area contributed by atoms with Crippen molar-refractivity contribution in [3.8, 4) is 0 Å². The van der Waals surface area contributed by atoms with E-state index in [1.807, 2.05) is 42.4 Å². The number of carbonyl (C=O) groups excluding carboxylic acids is 1. The Bertz CT molecular complexity index is 621. The maximum Gasteiger partial charge on any atom is 0.226 e. The Morgan fingerprint density at radius 3 is 3.14 bits per heavy atom. The summed E-state index contributed by atoms with van der Waals surface area (Å²) in [5.74, 6) is -0.0676. The number of ether oxygens (including phenoxy) is 1. The first-order valence-corrected chi connectivity index (χ1v) is 7.95. The van der Waals surface area contributed by atoms with Crippen LogP contribution in [0.1, 0.15) is 28.7 Å². The SMILES string of the molecule is Cc1c([C@H]2OCC[C@@H]2C(=O)NCc2cccs2)cnn1C. The van der Waals surface area contributed by atoms with Gasteiger partial charge in [-0.25, -0.2) is 0 Å². The summed E-state index contributed by atoms with van der Waals surface area (Å²) in [4.78, 5) is 13.6. The van der Waals surface area contributed by atoms with Gasteiger partial charge in [0.1, 0.15) is 0 Å². The van der Waals surface area contributed by atoms with Crippen molar-refractivity contribution in [1.29, 1.82) is 0 Å². The van der Waals surface area contributed by atoms with Crippen LogP contribution in [0.15, 0.2) is 23.7 Å². The van der Waals surface area contributed by atoms with Crippen LogP contribution in [-0.2, 0) is 23.1 Å². The molecular formula is C15H19N3O2S. The van der Waals surface area contributed by atoms with E-state index >= 15 is 0 Å². The molecule has 1 aliphatic heterocycles. The Balaban J connectivity index is 1.68. The Labute approximate surface area is 127 Å². The average Bonchev–Trinajstić information content (AvgIpc) is 3.19. The zero-order valence-electron chi connectivity index (χ0n) is 12.2. The van der Waals surface area contributed by atoms with Gasteiger partial charge in [0.25, 0.3) is 0 Å². The molecule has 3 rings (SSSR count). The Morgan fingerprint density at radius 2 is 2.48 bits per heavy atom. The summed E-state index contributed by atoms with van der Waals surface area (Å²) in [5, 5.41) is 9.28. The van der Waals surface area contributed by atoms with Crippen molar-refractivity contribution in [3.05, 3.63) is 39.8 Å². The van der Waals surface area contributed by atoms with E-state index < -0.39 is 0 Å². The summed E-state index contributed by atoms with van der Waals surface area (Å²) in [5.41, 5.74) is 2.07. The third-order valence-electron chi connectivity index (χ3n) is 4.03. The van der Waals surface area contributed by atoms with E-state index in [2.05, 4.69) is 10.4 Å². The minimum absolute atomic E-state index is 0.0640. The van der Waals surface area contributed by atoms with E-state index in [-0.39, 0.29) is 17.9 Å². The van der Waals surface area contributed by atoms with Gasteiger partial charge >= 0.3 is 0 Å². The van der Waals surface area contributed by atoms with E-state index in [4.69, 9.17) is 4.74 Å². The van der Waals surface area contributed by atoms with Gasteiger partial charge in [-0.05, 0) is 24.8 Å². The second-order valence-corrected chi connectivity index (χ2v) is 6.32. The third kappa shape index (κ3) is 2.87. The highest BCUT2D eigenvalue weighted by Gasteiger charge is 2.36. The number of hydrogen-bond donors (Lipinski definition) is 1. The number of rotatable bonds is 4. The first-order valence-electron chi connectivity index (χ1n) is 7.07. The smallest absolute Gasteiger partial charge is 0.226 e. The second-order valence-electron chi connectivity index (χ2n) is 5.29.